The Morgan fingerprint density at radius 3 is 2.25 bits per heavy atom. The summed E-state index contributed by atoms with van der Waals surface area (Å²) in [6.07, 6.45) is 0.758. The van der Waals surface area contributed by atoms with Crippen LogP contribution >= 0.6 is 0 Å². The van der Waals surface area contributed by atoms with Gasteiger partial charge in [-0.25, -0.2) is 0 Å². The Kier molecular flexibility index (Phi) is 3.67. The van der Waals surface area contributed by atoms with E-state index in [4.69, 9.17) is 0 Å². The highest BCUT2D eigenvalue weighted by Crippen LogP contribution is 2.31. The summed E-state index contributed by atoms with van der Waals surface area (Å²) in [4.78, 5) is 35.4. The summed E-state index contributed by atoms with van der Waals surface area (Å²) in [6.45, 7) is 3.90. The molecule has 90 valence electrons. The molecule has 5 heteroatoms. The number of carbonyl (C=O) groups is 3. The lowest BCUT2D eigenvalue weighted by molar-refractivity contribution is -0.153. The summed E-state index contributed by atoms with van der Waals surface area (Å²) in [5, 5.41) is 0. The van der Waals surface area contributed by atoms with Crippen molar-refractivity contribution in [2.24, 2.45) is 5.41 Å². The minimum Gasteiger partial charge on any atom is -0.469 e. The molecule has 1 aliphatic rings. The molecule has 0 N–H and O–H groups in total. The minimum absolute atomic E-state index is 0.0639. The standard InChI is InChI=1S/C11H17NO4/c1-11(2)6-8(13)12(9(14)7-11)5-4-10(15)16-3/h4-7H2,1-3H3. The number of rotatable bonds is 3. The van der Waals surface area contributed by atoms with Gasteiger partial charge in [-0.3, -0.25) is 19.3 Å². The molecule has 0 saturated carbocycles. The van der Waals surface area contributed by atoms with Gasteiger partial charge in [-0.05, 0) is 5.41 Å². The smallest absolute Gasteiger partial charge is 0.307 e. The Balaban J connectivity index is 2.58. The molecule has 0 unspecified atom stereocenters. The van der Waals surface area contributed by atoms with Crippen LogP contribution in [0.4, 0.5) is 0 Å². The van der Waals surface area contributed by atoms with Crippen molar-refractivity contribution in [1.29, 1.82) is 0 Å². The fraction of sp³-hybridized carbons (Fsp3) is 0.727. The number of hydrogen-bond donors (Lipinski definition) is 0. The van der Waals surface area contributed by atoms with Crippen LogP contribution in [0.25, 0.3) is 0 Å². The van der Waals surface area contributed by atoms with E-state index in [1.807, 2.05) is 13.8 Å². The first-order valence-corrected chi connectivity index (χ1v) is 5.26. The highest BCUT2D eigenvalue weighted by Gasteiger charge is 2.37. The lowest BCUT2D eigenvalue weighted by atomic mass is 9.82. The Morgan fingerprint density at radius 2 is 1.81 bits per heavy atom. The van der Waals surface area contributed by atoms with Crippen molar-refractivity contribution in [3.63, 3.8) is 0 Å². The number of nitrogens with zero attached hydrogens (tertiary/aromatic N) is 1. The second-order valence-corrected chi connectivity index (χ2v) is 4.78. The fourth-order valence-electron chi connectivity index (χ4n) is 1.77. The third kappa shape index (κ3) is 3.05. The summed E-state index contributed by atoms with van der Waals surface area (Å²) in [6, 6.07) is 0. The van der Waals surface area contributed by atoms with E-state index in [1.165, 1.54) is 7.11 Å². The number of hydrogen-bond acceptors (Lipinski definition) is 4. The zero-order valence-corrected chi connectivity index (χ0v) is 9.91. The molecule has 1 fully saturated rings. The predicted octanol–water partition coefficient (Wildman–Crippen LogP) is 0.725. The summed E-state index contributed by atoms with van der Waals surface area (Å²) >= 11 is 0. The number of imide groups is 1. The van der Waals surface area contributed by atoms with Crippen LogP contribution in [0.1, 0.15) is 33.1 Å². The molecule has 1 aliphatic heterocycles. The van der Waals surface area contributed by atoms with Gasteiger partial charge in [0.15, 0.2) is 0 Å². The number of esters is 1. The molecule has 0 aliphatic carbocycles. The number of amides is 2. The normalized spacial score (nSPS) is 19.8. The molecule has 5 nitrogen and oxygen atoms in total. The predicted molar refractivity (Wildman–Crippen MR) is 56.4 cm³/mol. The topological polar surface area (TPSA) is 63.7 Å². The zero-order valence-electron chi connectivity index (χ0n) is 9.91. The van der Waals surface area contributed by atoms with Gasteiger partial charge in [0, 0.05) is 19.4 Å². The van der Waals surface area contributed by atoms with Crippen LogP contribution in [-0.4, -0.2) is 36.3 Å². The Morgan fingerprint density at radius 1 is 1.31 bits per heavy atom. The van der Waals surface area contributed by atoms with Gasteiger partial charge in [0.25, 0.3) is 0 Å². The van der Waals surface area contributed by atoms with E-state index in [-0.39, 0.29) is 30.2 Å². The molecular weight excluding hydrogens is 210 g/mol. The Hall–Kier alpha value is -1.39. The number of piperidine rings is 1. The second kappa shape index (κ2) is 4.63. The molecule has 0 aromatic carbocycles. The molecule has 0 aromatic heterocycles. The highest BCUT2D eigenvalue weighted by atomic mass is 16.5. The average molecular weight is 227 g/mol. The number of carbonyl (C=O) groups excluding carboxylic acids is 3. The molecular formula is C11H17NO4. The third-order valence-electron chi connectivity index (χ3n) is 2.63. The van der Waals surface area contributed by atoms with Gasteiger partial charge in [0.05, 0.1) is 13.5 Å². The molecule has 1 rings (SSSR count). The lowest BCUT2D eigenvalue weighted by Crippen LogP contribution is -2.46. The Labute approximate surface area is 94.7 Å². The van der Waals surface area contributed by atoms with Crippen molar-refractivity contribution in [2.75, 3.05) is 13.7 Å². The van der Waals surface area contributed by atoms with E-state index in [9.17, 15) is 14.4 Å². The number of ether oxygens (including phenoxy) is 1. The molecule has 1 heterocycles. The SMILES string of the molecule is COC(=O)CCN1C(=O)CC(C)(C)CC1=O. The molecule has 0 aromatic rings. The molecule has 0 radical (unpaired) electrons. The lowest BCUT2D eigenvalue weighted by Gasteiger charge is -2.34. The van der Waals surface area contributed by atoms with Crippen molar-refractivity contribution in [3.8, 4) is 0 Å². The number of methoxy groups -OCH3 is 1. The summed E-state index contributed by atoms with van der Waals surface area (Å²) < 4.78 is 4.46. The van der Waals surface area contributed by atoms with Crippen LogP contribution in [0.3, 0.4) is 0 Å². The first-order valence-electron chi connectivity index (χ1n) is 5.26. The zero-order chi connectivity index (χ0) is 12.3. The van der Waals surface area contributed by atoms with Crippen molar-refractivity contribution in [2.45, 2.75) is 33.1 Å². The average Bonchev–Trinajstić information content (AvgIpc) is 2.14. The van der Waals surface area contributed by atoms with Crippen molar-refractivity contribution >= 4 is 17.8 Å². The summed E-state index contributed by atoms with van der Waals surface area (Å²) in [7, 11) is 1.28. The molecule has 0 atom stereocenters. The second-order valence-electron chi connectivity index (χ2n) is 4.78. The van der Waals surface area contributed by atoms with Gasteiger partial charge in [-0.1, -0.05) is 13.8 Å². The molecule has 0 bridgehead atoms. The van der Waals surface area contributed by atoms with Gasteiger partial charge in [0.2, 0.25) is 11.8 Å². The van der Waals surface area contributed by atoms with E-state index in [0.29, 0.717) is 12.8 Å². The monoisotopic (exact) mass is 227 g/mol. The third-order valence-corrected chi connectivity index (χ3v) is 2.63. The number of likely N-dealkylation sites (tertiary alicyclic amines) is 1. The minimum atomic E-state index is -0.412. The van der Waals surface area contributed by atoms with Crippen molar-refractivity contribution < 1.29 is 19.1 Å². The largest absolute Gasteiger partial charge is 0.469 e. The summed E-state index contributed by atoms with van der Waals surface area (Å²) in [5.74, 6) is -0.819. The van der Waals surface area contributed by atoms with Crippen LogP contribution in [-0.2, 0) is 19.1 Å². The Bertz CT molecular complexity index is 302. The highest BCUT2D eigenvalue weighted by molar-refractivity contribution is 5.98. The van der Waals surface area contributed by atoms with Gasteiger partial charge < -0.3 is 4.74 Å². The fourth-order valence-corrected chi connectivity index (χ4v) is 1.77. The first-order chi connectivity index (χ1) is 7.35. The quantitative estimate of drug-likeness (QED) is 0.526. The van der Waals surface area contributed by atoms with Crippen LogP contribution in [0, 0.1) is 5.41 Å². The van der Waals surface area contributed by atoms with Crippen LogP contribution in [0.2, 0.25) is 0 Å². The van der Waals surface area contributed by atoms with E-state index in [0.717, 1.165) is 4.90 Å². The van der Waals surface area contributed by atoms with Crippen LogP contribution in [0.15, 0.2) is 0 Å². The molecule has 2 amide bonds. The maximum absolute atomic E-state index is 11.7. The van der Waals surface area contributed by atoms with Gasteiger partial charge >= 0.3 is 5.97 Å². The van der Waals surface area contributed by atoms with Crippen molar-refractivity contribution in [3.05, 3.63) is 0 Å². The van der Waals surface area contributed by atoms with Gasteiger partial charge in [-0.2, -0.15) is 0 Å². The summed E-state index contributed by atoms with van der Waals surface area (Å²) in [5.41, 5.74) is -0.268. The maximum Gasteiger partial charge on any atom is 0.307 e. The molecule has 0 spiro atoms. The van der Waals surface area contributed by atoms with Crippen molar-refractivity contribution in [1.82, 2.24) is 4.90 Å². The van der Waals surface area contributed by atoms with Gasteiger partial charge in [0.1, 0.15) is 0 Å². The van der Waals surface area contributed by atoms with E-state index in [2.05, 4.69) is 4.74 Å². The van der Waals surface area contributed by atoms with Crippen LogP contribution < -0.4 is 0 Å². The maximum atomic E-state index is 11.7. The van der Waals surface area contributed by atoms with E-state index < -0.39 is 5.97 Å². The van der Waals surface area contributed by atoms with E-state index in [1.54, 1.807) is 0 Å². The van der Waals surface area contributed by atoms with Gasteiger partial charge in [-0.15, -0.1) is 0 Å². The van der Waals surface area contributed by atoms with Crippen LogP contribution in [0.5, 0.6) is 0 Å². The molecule has 16 heavy (non-hydrogen) atoms. The molecule has 1 saturated heterocycles. The van der Waals surface area contributed by atoms with E-state index >= 15 is 0 Å². The first kappa shape index (κ1) is 12.7.